The molecule has 0 amide bonds. The highest BCUT2D eigenvalue weighted by molar-refractivity contribution is 7.89. The van der Waals surface area contributed by atoms with E-state index in [-0.39, 0.29) is 6.04 Å². The molecule has 1 atom stereocenters. The fourth-order valence-electron chi connectivity index (χ4n) is 2.99. The van der Waals surface area contributed by atoms with Crippen molar-refractivity contribution in [2.24, 2.45) is 0 Å². The number of hydrogen-bond donors (Lipinski definition) is 2. The lowest BCUT2D eigenvalue weighted by molar-refractivity contribution is 0.474. The van der Waals surface area contributed by atoms with E-state index in [0.29, 0.717) is 18.0 Å². The largest absolute Gasteiger partial charge is 0.365 e. The predicted molar refractivity (Wildman–Crippen MR) is 91.1 cm³/mol. The minimum atomic E-state index is -3.44. The first-order valence-electron chi connectivity index (χ1n) is 7.74. The van der Waals surface area contributed by atoms with Gasteiger partial charge in [-0.3, -0.25) is 0 Å². The topological polar surface area (TPSA) is 91.0 Å². The van der Waals surface area contributed by atoms with Gasteiger partial charge in [0.05, 0.1) is 10.3 Å². The number of aromatic nitrogens is 3. The Hall–Kier alpha value is -2.45. The molecule has 0 unspecified atom stereocenters. The molecule has 24 heavy (non-hydrogen) atoms. The molecule has 0 bridgehead atoms. The Morgan fingerprint density at radius 2 is 2.00 bits per heavy atom. The zero-order chi connectivity index (χ0) is 16.6. The molecule has 0 aliphatic carbocycles. The summed E-state index contributed by atoms with van der Waals surface area (Å²) in [6.45, 7) is 0.920. The maximum Gasteiger partial charge on any atom is 0.243 e. The number of anilines is 1. The van der Waals surface area contributed by atoms with Crippen LogP contribution in [0.4, 0.5) is 5.82 Å². The molecule has 3 heterocycles. The van der Waals surface area contributed by atoms with Crippen LogP contribution in [0.25, 0.3) is 11.0 Å². The summed E-state index contributed by atoms with van der Waals surface area (Å²) in [5.74, 6) is 0.727. The van der Waals surface area contributed by atoms with Gasteiger partial charge in [0.15, 0.2) is 0 Å². The Kier molecular flexibility index (Phi) is 3.70. The van der Waals surface area contributed by atoms with Crippen LogP contribution in [-0.4, -0.2) is 46.8 Å². The molecule has 0 spiro atoms. The van der Waals surface area contributed by atoms with E-state index >= 15 is 0 Å². The number of nitrogens with zero attached hydrogens (tertiary/aromatic N) is 3. The van der Waals surface area contributed by atoms with Gasteiger partial charge >= 0.3 is 0 Å². The molecule has 1 saturated heterocycles. The van der Waals surface area contributed by atoms with E-state index in [1.807, 2.05) is 18.3 Å². The summed E-state index contributed by atoms with van der Waals surface area (Å²) in [5.41, 5.74) is 0.763. The Labute approximate surface area is 139 Å². The highest BCUT2D eigenvalue weighted by Crippen LogP contribution is 2.24. The number of H-pyrrole nitrogens is 1. The van der Waals surface area contributed by atoms with Crippen LogP contribution in [0.2, 0.25) is 0 Å². The average Bonchev–Trinajstić information content (AvgIpc) is 3.25. The van der Waals surface area contributed by atoms with Gasteiger partial charge in [0.25, 0.3) is 0 Å². The Balaban J connectivity index is 1.52. The monoisotopic (exact) mass is 343 g/mol. The molecule has 4 rings (SSSR count). The van der Waals surface area contributed by atoms with Crippen molar-refractivity contribution in [3.63, 3.8) is 0 Å². The van der Waals surface area contributed by atoms with Crippen LogP contribution in [0, 0.1) is 0 Å². The lowest BCUT2D eigenvalue weighted by Gasteiger charge is -2.17. The molecular weight excluding hydrogens is 326 g/mol. The Bertz CT molecular complexity index is 955. The number of fused-ring (bicyclic) bond motifs is 1. The highest BCUT2D eigenvalue weighted by atomic mass is 32.2. The summed E-state index contributed by atoms with van der Waals surface area (Å²) < 4.78 is 26.9. The van der Waals surface area contributed by atoms with E-state index in [4.69, 9.17) is 0 Å². The summed E-state index contributed by atoms with van der Waals surface area (Å²) in [6.07, 6.45) is 4.04. The van der Waals surface area contributed by atoms with Crippen molar-refractivity contribution in [1.82, 2.24) is 19.3 Å². The first kappa shape index (κ1) is 15.1. The number of benzene rings is 1. The SMILES string of the molecule is O=S(=O)(c1ccccc1)N1CC[C@H](Nc2ncnc3[nH]ccc23)C1. The number of hydrogen-bond acceptors (Lipinski definition) is 5. The molecular formula is C16H17N5O2S. The van der Waals surface area contributed by atoms with Gasteiger partial charge in [-0.25, -0.2) is 18.4 Å². The third-order valence-electron chi connectivity index (χ3n) is 4.23. The van der Waals surface area contributed by atoms with Crippen LogP contribution in [-0.2, 0) is 10.0 Å². The molecule has 1 aliphatic heterocycles. The van der Waals surface area contributed by atoms with Gasteiger partial charge in [-0.05, 0) is 24.6 Å². The van der Waals surface area contributed by atoms with Crippen molar-refractivity contribution in [2.45, 2.75) is 17.4 Å². The summed E-state index contributed by atoms with van der Waals surface area (Å²) in [5, 5.41) is 4.25. The van der Waals surface area contributed by atoms with Crippen LogP contribution in [0.15, 0.2) is 53.8 Å². The first-order chi connectivity index (χ1) is 11.6. The fraction of sp³-hybridized carbons (Fsp3) is 0.250. The standard InChI is InChI=1S/C16H17N5O2S/c22-24(23,13-4-2-1-3-5-13)21-9-7-12(10-21)20-16-14-6-8-17-15(14)18-11-19-16/h1-6,8,11-12H,7,9-10H2,(H2,17,18,19,20)/t12-/m0/s1. The van der Waals surface area contributed by atoms with Gasteiger partial charge in [0.1, 0.15) is 17.8 Å². The van der Waals surface area contributed by atoms with Crippen molar-refractivity contribution in [2.75, 3.05) is 18.4 Å². The van der Waals surface area contributed by atoms with Crippen molar-refractivity contribution in [3.8, 4) is 0 Å². The van der Waals surface area contributed by atoms with Crippen molar-refractivity contribution >= 4 is 26.9 Å². The van der Waals surface area contributed by atoms with E-state index in [2.05, 4.69) is 20.3 Å². The van der Waals surface area contributed by atoms with Crippen molar-refractivity contribution in [3.05, 3.63) is 48.9 Å². The van der Waals surface area contributed by atoms with Gasteiger partial charge in [-0.1, -0.05) is 18.2 Å². The van der Waals surface area contributed by atoms with Crippen molar-refractivity contribution in [1.29, 1.82) is 0 Å². The third kappa shape index (κ3) is 2.63. The minimum absolute atomic E-state index is 0.0245. The lowest BCUT2D eigenvalue weighted by atomic mass is 10.2. The van der Waals surface area contributed by atoms with Crippen LogP contribution in [0.3, 0.4) is 0 Å². The summed E-state index contributed by atoms with van der Waals surface area (Å²) in [6, 6.07) is 10.5. The number of nitrogens with one attached hydrogen (secondary N) is 2. The second kappa shape index (κ2) is 5.88. The smallest absolute Gasteiger partial charge is 0.243 e. The van der Waals surface area contributed by atoms with Crippen LogP contribution >= 0.6 is 0 Å². The second-order valence-corrected chi connectivity index (χ2v) is 7.71. The van der Waals surface area contributed by atoms with E-state index in [0.717, 1.165) is 23.3 Å². The molecule has 124 valence electrons. The first-order valence-corrected chi connectivity index (χ1v) is 9.18. The maximum absolute atomic E-state index is 12.7. The molecule has 1 aromatic carbocycles. The molecule has 3 aromatic rings. The molecule has 2 aromatic heterocycles. The zero-order valence-corrected chi connectivity index (χ0v) is 13.7. The van der Waals surface area contributed by atoms with Crippen LogP contribution in [0.1, 0.15) is 6.42 Å². The molecule has 1 aliphatic rings. The van der Waals surface area contributed by atoms with E-state index in [1.165, 1.54) is 10.6 Å². The van der Waals surface area contributed by atoms with Crippen LogP contribution < -0.4 is 5.32 Å². The number of rotatable bonds is 4. The fourth-order valence-corrected chi connectivity index (χ4v) is 4.51. The van der Waals surface area contributed by atoms with E-state index in [1.54, 1.807) is 24.3 Å². The molecule has 2 N–H and O–H groups in total. The second-order valence-electron chi connectivity index (χ2n) is 5.77. The van der Waals surface area contributed by atoms with Gasteiger partial charge in [0.2, 0.25) is 10.0 Å². The van der Waals surface area contributed by atoms with E-state index < -0.39 is 10.0 Å². The summed E-state index contributed by atoms with van der Waals surface area (Å²) >= 11 is 0. The highest BCUT2D eigenvalue weighted by Gasteiger charge is 2.32. The zero-order valence-electron chi connectivity index (χ0n) is 12.9. The minimum Gasteiger partial charge on any atom is -0.365 e. The molecule has 8 heteroatoms. The summed E-state index contributed by atoms with van der Waals surface area (Å²) in [4.78, 5) is 11.8. The average molecular weight is 343 g/mol. The third-order valence-corrected chi connectivity index (χ3v) is 6.11. The molecule has 7 nitrogen and oxygen atoms in total. The van der Waals surface area contributed by atoms with Gasteiger partial charge in [-0.15, -0.1) is 0 Å². The number of sulfonamides is 1. The molecule has 1 fully saturated rings. The quantitative estimate of drug-likeness (QED) is 0.754. The predicted octanol–water partition coefficient (Wildman–Crippen LogP) is 1.83. The Morgan fingerprint density at radius 1 is 1.17 bits per heavy atom. The summed E-state index contributed by atoms with van der Waals surface area (Å²) in [7, 11) is -3.44. The van der Waals surface area contributed by atoms with Gasteiger partial charge < -0.3 is 10.3 Å². The lowest BCUT2D eigenvalue weighted by Crippen LogP contribution is -2.31. The van der Waals surface area contributed by atoms with E-state index in [9.17, 15) is 8.42 Å². The van der Waals surface area contributed by atoms with Gasteiger partial charge in [0, 0.05) is 25.3 Å². The maximum atomic E-state index is 12.7. The molecule has 0 radical (unpaired) electrons. The van der Waals surface area contributed by atoms with Crippen molar-refractivity contribution < 1.29 is 8.42 Å². The normalized spacial score (nSPS) is 18.9. The van der Waals surface area contributed by atoms with Crippen LogP contribution in [0.5, 0.6) is 0 Å². The molecule has 0 saturated carbocycles. The number of aromatic amines is 1. The van der Waals surface area contributed by atoms with Gasteiger partial charge in [-0.2, -0.15) is 4.31 Å². The Morgan fingerprint density at radius 3 is 2.83 bits per heavy atom.